The molecule has 0 fully saturated rings. The van der Waals surface area contributed by atoms with Gasteiger partial charge in [0.2, 0.25) is 0 Å². The van der Waals surface area contributed by atoms with E-state index in [2.05, 4.69) is 54.2 Å². The van der Waals surface area contributed by atoms with Crippen LogP contribution in [0.3, 0.4) is 0 Å². The third-order valence-electron chi connectivity index (χ3n) is 2.75. The van der Waals surface area contributed by atoms with Gasteiger partial charge in [-0.3, -0.25) is 0 Å². The van der Waals surface area contributed by atoms with E-state index in [1.54, 1.807) is 7.11 Å². The molecule has 3 heteroatoms. The molecule has 0 saturated heterocycles. The Bertz CT molecular complexity index is 352. The molecule has 0 radical (unpaired) electrons. The molecule has 0 amide bonds. The van der Waals surface area contributed by atoms with Gasteiger partial charge in [0.15, 0.2) is 0 Å². The highest BCUT2D eigenvalue weighted by Gasteiger charge is 2.14. The number of halogens is 1. The van der Waals surface area contributed by atoms with Gasteiger partial charge < -0.3 is 10.1 Å². The minimum atomic E-state index is 0.358. The maximum atomic E-state index is 5.45. The predicted molar refractivity (Wildman–Crippen MR) is 72.1 cm³/mol. The van der Waals surface area contributed by atoms with Gasteiger partial charge in [-0.05, 0) is 37.6 Å². The lowest BCUT2D eigenvalue weighted by atomic mass is 10.0. The Kier molecular flexibility index (Phi) is 5.29. The molecule has 1 atom stereocenters. The SMILES string of the molecule is CCNC(CC)c1cc(Br)c(C)cc1OC. The summed E-state index contributed by atoms with van der Waals surface area (Å²) in [6.07, 6.45) is 1.06. The molecule has 1 aromatic rings. The molecule has 0 aromatic heterocycles. The van der Waals surface area contributed by atoms with E-state index in [1.165, 1.54) is 11.1 Å². The van der Waals surface area contributed by atoms with Crippen LogP contribution in [0, 0.1) is 6.92 Å². The molecule has 0 saturated carbocycles. The molecule has 16 heavy (non-hydrogen) atoms. The number of ether oxygens (including phenoxy) is 1. The Morgan fingerprint density at radius 1 is 1.38 bits per heavy atom. The van der Waals surface area contributed by atoms with Crippen molar-refractivity contribution in [3.63, 3.8) is 0 Å². The number of benzene rings is 1. The first kappa shape index (κ1) is 13.5. The van der Waals surface area contributed by atoms with Crippen molar-refractivity contribution < 1.29 is 4.74 Å². The van der Waals surface area contributed by atoms with Crippen LogP contribution in [-0.4, -0.2) is 13.7 Å². The summed E-state index contributed by atoms with van der Waals surface area (Å²) in [5.74, 6) is 0.966. The molecule has 90 valence electrons. The molecule has 0 spiro atoms. The lowest BCUT2D eigenvalue weighted by Crippen LogP contribution is -2.20. The van der Waals surface area contributed by atoms with Crippen molar-refractivity contribution in [1.82, 2.24) is 5.32 Å². The first-order valence-electron chi connectivity index (χ1n) is 5.71. The molecule has 0 heterocycles. The smallest absolute Gasteiger partial charge is 0.123 e. The van der Waals surface area contributed by atoms with Crippen molar-refractivity contribution in [3.05, 3.63) is 27.7 Å². The van der Waals surface area contributed by atoms with Crippen LogP contribution in [0.25, 0.3) is 0 Å². The number of rotatable bonds is 5. The van der Waals surface area contributed by atoms with Gasteiger partial charge in [0, 0.05) is 16.1 Å². The quantitative estimate of drug-likeness (QED) is 0.888. The van der Waals surface area contributed by atoms with Crippen LogP contribution in [0.15, 0.2) is 16.6 Å². The summed E-state index contributed by atoms with van der Waals surface area (Å²) < 4.78 is 6.59. The molecule has 0 aliphatic heterocycles. The molecular weight excluding hydrogens is 266 g/mol. The Morgan fingerprint density at radius 2 is 2.06 bits per heavy atom. The molecule has 2 nitrogen and oxygen atoms in total. The molecule has 1 rings (SSSR count). The lowest BCUT2D eigenvalue weighted by Gasteiger charge is -2.20. The number of aryl methyl sites for hydroxylation is 1. The molecule has 0 aliphatic carbocycles. The summed E-state index contributed by atoms with van der Waals surface area (Å²) in [5.41, 5.74) is 2.43. The lowest BCUT2D eigenvalue weighted by molar-refractivity contribution is 0.397. The normalized spacial score (nSPS) is 12.6. The second kappa shape index (κ2) is 6.26. The Hall–Kier alpha value is -0.540. The largest absolute Gasteiger partial charge is 0.496 e. The van der Waals surface area contributed by atoms with E-state index in [0.717, 1.165) is 23.2 Å². The average molecular weight is 286 g/mol. The van der Waals surface area contributed by atoms with Crippen LogP contribution in [0.4, 0.5) is 0 Å². The Labute approximate surface area is 107 Å². The van der Waals surface area contributed by atoms with E-state index >= 15 is 0 Å². The van der Waals surface area contributed by atoms with Crippen LogP contribution >= 0.6 is 15.9 Å². The van der Waals surface area contributed by atoms with Crippen LogP contribution in [0.5, 0.6) is 5.75 Å². The summed E-state index contributed by atoms with van der Waals surface area (Å²) >= 11 is 3.57. The molecular formula is C13H20BrNO. The first-order valence-corrected chi connectivity index (χ1v) is 6.50. The van der Waals surface area contributed by atoms with Gasteiger partial charge in [0.1, 0.15) is 5.75 Å². The van der Waals surface area contributed by atoms with Crippen molar-refractivity contribution in [2.24, 2.45) is 0 Å². The van der Waals surface area contributed by atoms with Gasteiger partial charge in [0.05, 0.1) is 7.11 Å². The monoisotopic (exact) mass is 285 g/mol. The predicted octanol–water partition coefficient (Wildman–Crippen LogP) is 3.83. The number of hydrogen-bond donors (Lipinski definition) is 1. The number of nitrogens with one attached hydrogen (secondary N) is 1. The van der Waals surface area contributed by atoms with Crippen molar-refractivity contribution in [1.29, 1.82) is 0 Å². The zero-order valence-electron chi connectivity index (χ0n) is 10.4. The molecule has 1 N–H and O–H groups in total. The highest BCUT2D eigenvalue weighted by atomic mass is 79.9. The highest BCUT2D eigenvalue weighted by Crippen LogP contribution is 2.32. The minimum Gasteiger partial charge on any atom is -0.496 e. The van der Waals surface area contributed by atoms with Gasteiger partial charge in [-0.15, -0.1) is 0 Å². The van der Waals surface area contributed by atoms with Crippen LogP contribution in [0.2, 0.25) is 0 Å². The Balaban J connectivity index is 3.13. The maximum absolute atomic E-state index is 5.45. The molecule has 0 bridgehead atoms. The fraction of sp³-hybridized carbons (Fsp3) is 0.538. The zero-order valence-corrected chi connectivity index (χ0v) is 12.0. The van der Waals surface area contributed by atoms with Crippen LogP contribution in [-0.2, 0) is 0 Å². The van der Waals surface area contributed by atoms with E-state index in [-0.39, 0.29) is 0 Å². The number of methoxy groups -OCH3 is 1. The third kappa shape index (κ3) is 2.98. The third-order valence-corrected chi connectivity index (χ3v) is 3.60. The molecule has 1 aromatic carbocycles. The average Bonchev–Trinajstić information content (AvgIpc) is 2.29. The zero-order chi connectivity index (χ0) is 12.1. The first-order chi connectivity index (χ1) is 7.63. The Morgan fingerprint density at radius 3 is 2.56 bits per heavy atom. The van der Waals surface area contributed by atoms with Crippen molar-refractivity contribution in [2.45, 2.75) is 33.2 Å². The second-order valence-corrected chi connectivity index (χ2v) is 4.72. The fourth-order valence-electron chi connectivity index (χ4n) is 1.84. The summed E-state index contributed by atoms with van der Waals surface area (Å²) in [5, 5.41) is 3.47. The summed E-state index contributed by atoms with van der Waals surface area (Å²) in [7, 11) is 1.73. The van der Waals surface area contributed by atoms with Crippen LogP contribution < -0.4 is 10.1 Å². The van der Waals surface area contributed by atoms with Gasteiger partial charge in [0.25, 0.3) is 0 Å². The van der Waals surface area contributed by atoms with E-state index in [4.69, 9.17) is 4.74 Å². The standard InChI is InChI=1S/C13H20BrNO/c1-5-12(15-6-2)10-8-11(14)9(3)7-13(10)16-4/h7-8,12,15H,5-6H2,1-4H3. The van der Waals surface area contributed by atoms with Gasteiger partial charge in [-0.1, -0.05) is 29.8 Å². The summed E-state index contributed by atoms with van der Waals surface area (Å²) in [6, 6.07) is 4.60. The van der Waals surface area contributed by atoms with Gasteiger partial charge >= 0.3 is 0 Å². The number of hydrogen-bond acceptors (Lipinski definition) is 2. The van der Waals surface area contributed by atoms with E-state index in [1.807, 2.05) is 0 Å². The topological polar surface area (TPSA) is 21.3 Å². The van der Waals surface area contributed by atoms with Gasteiger partial charge in [-0.25, -0.2) is 0 Å². The van der Waals surface area contributed by atoms with Crippen molar-refractivity contribution >= 4 is 15.9 Å². The van der Waals surface area contributed by atoms with E-state index < -0.39 is 0 Å². The molecule has 1 unspecified atom stereocenters. The maximum Gasteiger partial charge on any atom is 0.123 e. The van der Waals surface area contributed by atoms with Gasteiger partial charge in [-0.2, -0.15) is 0 Å². The van der Waals surface area contributed by atoms with E-state index in [9.17, 15) is 0 Å². The second-order valence-electron chi connectivity index (χ2n) is 3.86. The highest BCUT2D eigenvalue weighted by molar-refractivity contribution is 9.10. The fourth-order valence-corrected chi connectivity index (χ4v) is 2.20. The summed E-state index contributed by atoms with van der Waals surface area (Å²) in [6.45, 7) is 7.34. The van der Waals surface area contributed by atoms with E-state index in [0.29, 0.717) is 6.04 Å². The van der Waals surface area contributed by atoms with Crippen molar-refractivity contribution in [3.8, 4) is 5.75 Å². The van der Waals surface area contributed by atoms with Crippen LogP contribution in [0.1, 0.15) is 37.4 Å². The molecule has 0 aliphatic rings. The summed E-state index contributed by atoms with van der Waals surface area (Å²) in [4.78, 5) is 0. The van der Waals surface area contributed by atoms with Crippen molar-refractivity contribution in [2.75, 3.05) is 13.7 Å². The minimum absolute atomic E-state index is 0.358.